The molecule has 1 aromatic carbocycles. The zero-order chi connectivity index (χ0) is 19.8. The second-order valence-electron chi connectivity index (χ2n) is 6.49. The molecule has 28 heavy (non-hydrogen) atoms. The van der Waals surface area contributed by atoms with E-state index in [0.717, 1.165) is 12.5 Å². The van der Waals surface area contributed by atoms with Gasteiger partial charge in [0.1, 0.15) is 17.1 Å². The molecule has 1 atom stereocenters. The third kappa shape index (κ3) is 3.23. The van der Waals surface area contributed by atoms with Crippen molar-refractivity contribution in [3.05, 3.63) is 59.7 Å². The van der Waals surface area contributed by atoms with Crippen LogP contribution in [0.15, 0.2) is 42.7 Å². The molecule has 1 fully saturated rings. The summed E-state index contributed by atoms with van der Waals surface area (Å²) in [4.78, 5) is 13.3. The van der Waals surface area contributed by atoms with E-state index in [1.807, 2.05) is 4.90 Å². The molecule has 0 spiro atoms. The van der Waals surface area contributed by atoms with E-state index >= 15 is 0 Å². The van der Waals surface area contributed by atoms with Crippen LogP contribution in [0.4, 0.5) is 18.9 Å². The molecule has 1 saturated heterocycles. The normalized spacial score (nSPS) is 16.9. The first-order valence-corrected chi connectivity index (χ1v) is 8.65. The Hall–Kier alpha value is -3.23. The van der Waals surface area contributed by atoms with Crippen LogP contribution in [0.5, 0.6) is 5.75 Å². The van der Waals surface area contributed by atoms with Crippen molar-refractivity contribution in [3.8, 4) is 5.75 Å². The molecule has 1 N–H and O–H groups in total. The van der Waals surface area contributed by atoms with Crippen LogP contribution in [-0.4, -0.2) is 33.8 Å². The number of alkyl halides is 2. The number of carbonyl (C=O) groups is 1. The minimum atomic E-state index is -3.01. The summed E-state index contributed by atoms with van der Waals surface area (Å²) < 4.78 is 45.4. The van der Waals surface area contributed by atoms with Gasteiger partial charge >= 0.3 is 12.6 Å². The first-order valence-electron chi connectivity index (χ1n) is 8.65. The maximum atomic E-state index is 13.8. The number of fused-ring (bicyclic) bond motifs is 1. The molecule has 3 heterocycles. The van der Waals surface area contributed by atoms with E-state index in [2.05, 4.69) is 9.84 Å². The Morgan fingerprint density at radius 2 is 2.11 bits per heavy atom. The van der Waals surface area contributed by atoms with Gasteiger partial charge in [-0.2, -0.15) is 13.9 Å². The number of hydrogen-bond donors (Lipinski definition) is 1. The van der Waals surface area contributed by atoms with Crippen LogP contribution in [0.3, 0.4) is 0 Å². The summed E-state index contributed by atoms with van der Waals surface area (Å²) in [7, 11) is 0. The lowest BCUT2D eigenvalue weighted by Crippen LogP contribution is -2.23. The molecule has 146 valence electrons. The van der Waals surface area contributed by atoms with Crippen LogP contribution in [0, 0.1) is 5.82 Å². The second-order valence-corrected chi connectivity index (χ2v) is 6.49. The van der Waals surface area contributed by atoms with Crippen molar-refractivity contribution in [1.29, 1.82) is 0 Å². The Balaban J connectivity index is 1.75. The third-order valence-electron chi connectivity index (χ3n) is 4.87. The Morgan fingerprint density at radius 1 is 1.29 bits per heavy atom. The first-order chi connectivity index (χ1) is 13.4. The van der Waals surface area contributed by atoms with Crippen molar-refractivity contribution in [2.45, 2.75) is 25.5 Å². The van der Waals surface area contributed by atoms with E-state index in [1.165, 1.54) is 22.8 Å². The predicted octanol–water partition coefficient (Wildman–Crippen LogP) is 4.11. The molecule has 0 aliphatic carbocycles. The molecule has 4 rings (SSSR count). The number of anilines is 1. The fourth-order valence-electron chi connectivity index (χ4n) is 3.70. The molecule has 9 heteroatoms. The number of rotatable bonds is 5. The minimum Gasteiger partial charge on any atom is -0.478 e. The number of pyridine rings is 1. The number of carboxylic acid groups (broad SMARTS) is 1. The molecule has 0 saturated carbocycles. The van der Waals surface area contributed by atoms with Crippen molar-refractivity contribution in [3.63, 3.8) is 0 Å². The monoisotopic (exact) mass is 391 g/mol. The highest BCUT2D eigenvalue weighted by atomic mass is 19.3. The molecular formula is C19H16F3N3O3. The lowest BCUT2D eigenvalue weighted by Gasteiger charge is -2.28. The summed E-state index contributed by atoms with van der Waals surface area (Å²) in [6.45, 7) is -2.40. The standard InChI is InChI=1S/C19H16F3N3O3/c20-11-3-4-17(28-19(21)22)13(8-11)15-2-1-6-24(15)12-5-7-25-16(9-12)14(10-23-25)18(26)27/h3-5,7-10,15,19H,1-2,6H2,(H,26,27)/t15-/m1/s1. The number of aromatic carboxylic acids is 1. The van der Waals surface area contributed by atoms with E-state index < -0.39 is 18.4 Å². The summed E-state index contributed by atoms with van der Waals surface area (Å²) in [6, 6.07) is 6.57. The number of carboxylic acids is 1. The fourth-order valence-corrected chi connectivity index (χ4v) is 3.70. The van der Waals surface area contributed by atoms with Crippen LogP contribution in [0.1, 0.15) is 34.8 Å². The highest BCUT2D eigenvalue weighted by molar-refractivity contribution is 5.95. The zero-order valence-electron chi connectivity index (χ0n) is 14.6. The molecule has 0 amide bonds. The summed E-state index contributed by atoms with van der Waals surface area (Å²) in [5, 5.41) is 13.3. The topological polar surface area (TPSA) is 67.1 Å². The molecule has 6 nitrogen and oxygen atoms in total. The van der Waals surface area contributed by atoms with Gasteiger partial charge in [-0.25, -0.2) is 13.7 Å². The summed E-state index contributed by atoms with van der Waals surface area (Å²) >= 11 is 0. The van der Waals surface area contributed by atoms with E-state index in [4.69, 9.17) is 0 Å². The van der Waals surface area contributed by atoms with Gasteiger partial charge in [-0.15, -0.1) is 0 Å². The number of nitrogens with zero attached hydrogens (tertiary/aromatic N) is 3. The van der Waals surface area contributed by atoms with Crippen molar-refractivity contribution in [2.24, 2.45) is 0 Å². The van der Waals surface area contributed by atoms with Gasteiger partial charge in [-0.1, -0.05) is 0 Å². The van der Waals surface area contributed by atoms with Gasteiger partial charge in [0.25, 0.3) is 0 Å². The van der Waals surface area contributed by atoms with E-state index in [0.29, 0.717) is 29.7 Å². The number of ether oxygens (including phenoxy) is 1. The molecular weight excluding hydrogens is 375 g/mol. The molecule has 0 radical (unpaired) electrons. The third-order valence-corrected chi connectivity index (χ3v) is 4.87. The predicted molar refractivity (Wildman–Crippen MR) is 94.5 cm³/mol. The van der Waals surface area contributed by atoms with Crippen LogP contribution < -0.4 is 9.64 Å². The maximum absolute atomic E-state index is 13.8. The van der Waals surface area contributed by atoms with Gasteiger partial charge in [0.05, 0.1) is 17.8 Å². The van der Waals surface area contributed by atoms with E-state index in [-0.39, 0.29) is 17.4 Å². The van der Waals surface area contributed by atoms with Crippen molar-refractivity contribution >= 4 is 17.2 Å². The Morgan fingerprint density at radius 3 is 2.86 bits per heavy atom. The number of benzene rings is 1. The smallest absolute Gasteiger partial charge is 0.387 e. The minimum absolute atomic E-state index is 0.0603. The average Bonchev–Trinajstić information content (AvgIpc) is 3.28. The van der Waals surface area contributed by atoms with Crippen molar-refractivity contribution < 1.29 is 27.8 Å². The van der Waals surface area contributed by atoms with Crippen LogP contribution in [0.25, 0.3) is 5.52 Å². The van der Waals surface area contributed by atoms with Gasteiger partial charge in [-0.05, 0) is 43.2 Å². The summed E-state index contributed by atoms with van der Waals surface area (Å²) in [5.41, 5.74) is 1.51. The van der Waals surface area contributed by atoms with Gasteiger partial charge in [0, 0.05) is 24.0 Å². The first kappa shape index (κ1) is 18.1. The van der Waals surface area contributed by atoms with Crippen molar-refractivity contribution in [2.75, 3.05) is 11.4 Å². The number of aromatic nitrogens is 2. The molecule has 0 bridgehead atoms. The Kier molecular flexibility index (Phi) is 4.58. The summed E-state index contributed by atoms with van der Waals surface area (Å²) in [6.07, 6.45) is 4.30. The largest absolute Gasteiger partial charge is 0.478 e. The number of hydrogen-bond acceptors (Lipinski definition) is 4. The second kappa shape index (κ2) is 7.06. The van der Waals surface area contributed by atoms with Gasteiger partial charge in [-0.3, -0.25) is 0 Å². The number of halogens is 3. The van der Waals surface area contributed by atoms with Crippen molar-refractivity contribution in [1.82, 2.24) is 9.61 Å². The zero-order valence-corrected chi connectivity index (χ0v) is 14.6. The van der Waals surface area contributed by atoms with E-state index in [1.54, 1.807) is 18.3 Å². The Labute approximate surface area is 157 Å². The molecule has 1 aliphatic heterocycles. The summed E-state index contributed by atoms with van der Waals surface area (Å²) in [5.74, 6) is -1.70. The molecule has 0 unspecified atom stereocenters. The van der Waals surface area contributed by atoms with E-state index in [9.17, 15) is 23.1 Å². The Bertz CT molecular complexity index is 1040. The maximum Gasteiger partial charge on any atom is 0.387 e. The molecule has 1 aliphatic rings. The highest BCUT2D eigenvalue weighted by Gasteiger charge is 2.30. The van der Waals surface area contributed by atoms with Crippen LogP contribution in [-0.2, 0) is 0 Å². The quantitative estimate of drug-likeness (QED) is 0.709. The SMILES string of the molecule is O=C(O)c1cnn2ccc(N3CCC[C@@H]3c3cc(F)ccc3OC(F)F)cc12. The average molecular weight is 391 g/mol. The van der Waals surface area contributed by atoms with Gasteiger partial charge < -0.3 is 14.7 Å². The van der Waals surface area contributed by atoms with Gasteiger partial charge in [0.15, 0.2) is 0 Å². The molecule has 2 aromatic heterocycles. The van der Waals surface area contributed by atoms with Crippen LogP contribution in [0.2, 0.25) is 0 Å². The lowest BCUT2D eigenvalue weighted by molar-refractivity contribution is -0.0506. The fraction of sp³-hybridized carbons (Fsp3) is 0.263. The lowest BCUT2D eigenvalue weighted by atomic mass is 10.0. The highest BCUT2D eigenvalue weighted by Crippen LogP contribution is 2.41. The molecule has 3 aromatic rings. The van der Waals surface area contributed by atoms with Crippen LogP contribution >= 0.6 is 0 Å². The van der Waals surface area contributed by atoms with Gasteiger partial charge in [0.2, 0.25) is 0 Å².